The molecule has 0 N–H and O–H groups in total. The van der Waals surface area contributed by atoms with Crippen LogP contribution in [0.4, 0.5) is 0 Å². The molecule has 1 spiro atoms. The van der Waals surface area contributed by atoms with Gasteiger partial charge in [0.15, 0.2) is 0 Å². The van der Waals surface area contributed by atoms with Gasteiger partial charge in [-0.25, -0.2) is 0 Å². The fourth-order valence-corrected chi connectivity index (χ4v) is 1.89. The van der Waals surface area contributed by atoms with Gasteiger partial charge < -0.3 is 4.90 Å². The van der Waals surface area contributed by atoms with E-state index in [-0.39, 0.29) is 0 Å². The highest BCUT2D eigenvalue weighted by Crippen LogP contribution is 2.44. The van der Waals surface area contributed by atoms with Crippen LogP contribution in [0, 0.1) is 5.92 Å². The van der Waals surface area contributed by atoms with Crippen molar-refractivity contribution in [3.63, 3.8) is 0 Å². The van der Waals surface area contributed by atoms with Gasteiger partial charge in [-0.2, -0.15) is 0 Å². The van der Waals surface area contributed by atoms with E-state index in [4.69, 9.17) is 0 Å². The molecule has 1 heterocycles. The van der Waals surface area contributed by atoms with Crippen molar-refractivity contribution in [3.05, 3.63) is 0 Å². The first-order valence-electron chi connectivity index (χ1n) is 4.44. The summed E-state index contributed by atoms with van der Waals surface area (Å²) in [6, 6.07) is 0. The average Bonchev–Trinajstić information content (AvgIpc) is 2.61. The second kappa shape index (κ2) is 1.99. The van der Waals surface area contributed by atoms with Crippen molar-refractivity contribution in [3.8, 4) is 0 Å². The summed E-state index contributed by atoms with van der Waals surface area (Å²) >= 11 is 0. The van der Waals surface area contributed by atoms with Gasteiger partial charge >= 0.3 is 0 Å². The lowest BCUT2D eigenvalue weighted by atomic mass is 10.1. The number of aliphatic imine (C=N–C) groups is 1. The predicted molar refractivity (Wildman–Crippen MR) is 46.9 cm³/mol. The van der Waals surface area contributed by atoms with Gasteiger partial charge in [-0.05, 0) is 12.8 Å². The number of likely N-dealkylation sites (N-methyl/N-ethyl adjacent to an activating group) is 1. The lowest BCUT2D eigenvalue weighted by molar-refractivity contribution is 0.372. The Balaban J connectivity index is 2.14. The van der Waals surface area contributed by atoms with Crippen LogP contribution in [-0.2, 0) is 0 Å². The molecule has 2 aliphatic rings. The molecule has 0 unspecified atom stereocenters. The quantitative estimate of drug-likeness (QED) is 0.556. The third kappa shape index (κ3) is 0.883. The molecule has 1 saturated carbocycles. The van der Waals surface area contributed by atoms with E-state index >= 15 is 0 Å². The van der Waals surface area contributed by atoms with Crippen molar-refractivity contribution >= 4 is 5.84 Å². The SMILES string of the molecule is CC(C)C1=NCC2(CC2)N1C. The van der Waals surface area contributed by atoms with Crippen LogP contribution in [0.1, 0.15) is 26.7 Å². The minimum absolute atomic E-state index is 0.486. The normalized spacial score (nSPS) is 26.5. The summed E-state index contributed by atoms with van der Waals surface area (Å²) in [6.07, 6.45) is 2.70. The van der Waals surface area contributed by atoms with Gasteiger partial charge in [0.1, 0.15) is 5.84 Å². The second-order valence-corrected chi connectivity index (χ2v) is 4.11. The summed E-state index contributed by atoms with van der Waals surface area (Å²) in [7, 11) is 2.19. The Kier molecular flexibility index (Phi) is 1.29. The smallest absolute Gasteiger partial charge is 0.102 e. The fraction of sp³-hybridized carbons (Fsp3) is 0.889. The third-order valence-corrected chi connectivity index (χ3v) is 2.93. The molecule has 2 nitrogen and oxygen atoms in total. The third-order valence-electron chi connectivity index (χ3n) is 2.93. The lowest BCUT2D eigenvalue weighted by Gasteiger charge is -2.24. The van der Waals surface area contributed by atoms with Gasteiger partial charge in [0, 0.05) is 13.0 Å². The van der Waals surface area contributed by atoms with E-state index in [2.05, 4.69) is 30.8 Å². The summed E-state index contributed by atoms with van der Waals surface area (Å²) < 4.78 is 0. The minimum atomic E-state index is 0.486. The first kappa shape index (κ1) is 7.14. The molecule has 0 aromatic rings. The van der Waals surface area contributed by atoms with E-state index in [0.29, 0.717) is 11.5 Å². The maximum absolute atomic E-state index is 4.57. The highest BCUT2D eigenvalue weighted by atomic mass is 15.3. The van der Waals surface area contributed by atoms with Gasteiger partial charge in [-0.1, -0.05) is 13.8 Å². The van der Waals surface area contributed by atoms with E-state index in [1.165, 1.54) is 18.7 Å². The van der Waals surface area contributed by atoms with Crippen LogP contribution in [0.5, 0.6) is 0 Å². The fourth-order valence-electron chi connectivity index (χ4n) is 1.89. The van der Waals surface area contributed by atoms with Gasteiger partial charge in [-0.15, -0.1) is 0 Å². The number of hydrogen-bond acceptors (Lipinski definition) is 2. The average molecular weight is 152 g/mol. The van der Waals surface area contributed by atoms with E-state index < -0.39 is 0 Å². The van der Waals surface area contributed by atoms with Gasteiger partial charge in [0.05, 0.1) is 12.1 Å². The monoisotopic (exact) mass is 152 g/mol. The zero-order valence-corrected chi connectivity index (χ0v) is 7.59. The Hall–Kier alpha value is -0.530. The lowest BCUT2D eigenvalue weighted by Crippen LogP contribution is -2.36. The van der Waals surface area contributed by atoms with E-state index in [1.807, 2.05) is 0 Å². The van der Waals surface area contributed by atoms with Crippen molar-refractivity contribution in [1.29, 1.82) is 0 Å². The maximum atomic E-state index is 4.57. The molecule has 0 saturated heterocycles. The van der Waals surface area contributed by atoms with Crippen LogP contribution in [-0.4, -0.2) is 29.9 Å². The molecule has 1 aliphatic carbocycles. The van der Waals surface area contributed by atoms with Gasteiger partial charge in [0.25, 0.3) is 0 Å². The molecule has 2 heteroatoms. The van der Waals surface area contributed by atoms with Crippen molar-refractivity contribution < 1.29 is 0 Å². The molecular weight excluding hydrogens is 136 g/mol. The van der Waals surface area contributed by atoms with Crippen LogP contribution in [0.3, 0.4) is 0 Å². The highest BCUT2D eigenvalue weighted by molar-refractivity contribution is 5.86. The van der Waals surface area contributed by atoms with Crippen molar-refractivity contribution in [2.75, 3.05) is 13.6 Å². The molecule has 1 fully saturated rings. The van der Waals surface area contributed by atoms with E-state index in [0.717, 1.165) is 6.54 Å². The van der Waals surface area contributed by atoms with Crippen LogP contribution in [0.2, 0.25) is 0 Å². The molecule has 0 bridgehead atoms. The molecule has 11 heavy (non-hydrogen) atoms. The largest absolute Gasteiger partial charge is 0.356 e. The molecule has 0 radical (unpaired) electrons. The van der Waals surface area contributed by atoms with Crippen LogP contribution in [0.15, 0.2) is 4.99 Å². The standard InChI is InChI=1S/C9H16N2/c1-7(2)8-10-6-9(4-5-9)11(8)3/h7H,4-6H2,1-3H3. The minimum Gasteiger partial charge on any atom is -0.356 e. The first-order chi connectivity index (χ1) is 5.16. The van der Waals surface area contributed by atoms with E-state index in [1.54, 1.807) is 0 Å². The zero-order valence-electron chi connectivity index (χ0n) is 7.59. The van der Waals surface area contributed by atoms with Crippen molar-refractivity contribution in [1.82, 2.24) is 4.90 Å². The molecular formula is C9H16N2. The Morgan fingerprint density at radius 1 is 1.45 bits per heavy atom. The summed E-state index contributed by atoms with van der Waals surface area (Å²) in [5, 5.41) is 0. The highest BCUT2D eigenvalue weighted by Gasteiger charge is 2.50. The summed E-state index contributed by atoms with van der Waals surface area (Å²) in [5.41, 5.74) is 0.486. The molecule has 62 valence electrons. The van der Waals surface area contributed by atoms with Crippen molar-refractivity contribution in [2.45, 2.75) is 32.2 Å². The summed E-state index contributed by atoms with van der Waals surface area (Å²) in [4.78, 5) is 6.97. The summed E-state index contributed by atoms with van der Waals surface area (Å²) in [5.74, 6) is 1.91. The number of hydrogen-bond donors (Lipinski definition) is 0. The molecule has 0 amide bonds. The molecule has 2 rings (SSSR count). The molecule has 0 aromatic carbocycles. The molecule has 1 aliphatic heterocycles. The molecule has 0 atom stereocenters. The second-order valence-electron chi connectivity index (χ2n) is 4.11. The molecule has 0 aromatic heterocycles. The maximum Gasteiger partial charge on any atom is 0.102 e. The Morgan fingerprint density at radius 2 is 2.09 bits per heavy atom. The van der Waals surface area contributed by atoms with Crippen molar-refractivity contribution in [2.24, 2.45) is 10.9 Å². The number of nitrogens with zero attached hydrogens (tertiary/aromatic N) is 2. The summed E-state index contributed by atoms with van der Waals surface area (Å²) in [6.45, 7) is 5.49. The Morgan fingerprint density at radius 3 is 2.36 bits per heavy atom. The topological polar surface area (TPSA) is 15.6 Å². The predicted octanol–water partition coefficient (Wildman–Crippen LogP) is 1.52. The van der Waals surface area contributed by atoms with E-state index in [9.17, 15) is 0 Å². The van der Waals surface area contributed by atoms with Crippen LogP contribution >= 0.6 is 0 Å². The zero-order chi connectivity index (χ0) is 8.06. The Bertz CT molecular complexity index is 202. The first-order valence-corrected chi connectivity index (χ1v) is 4.44. The van der Waals surface area contributed by atoms with Gasteiger partial charge in [0.2, 0.25) is 0 Å². The number of rotatable bonds is 1. The van der Waals surface area contributed by atoms with Crippen LogP contribution < -0.4 is 0 Å². The Labute approximate surface area is 68.3 Å². The van der Waals surface area contributed by atoms with Gasteiger partial charge in [-0.3, -0.25) is 4.99 Å². The number of amidine groups is 1. The van der Waals surface area contributed by atoms with Crippen LogP contribution in [0.25, 0.3) is 0 Å².